The van der Waals surface area contributed by atoms with E-state index in [0.29, 0.717) is 29.6 Å². The van der Waals surface area contributed by atoms with E-state index in [1.807, 2.05) is 41.9 Å². The number of halogens is 1. The quantitative estimate of drug-likeness (QED) is 0.545. The molecule has 27 heavy (non-hydrogen) atoms. The van der Waals surface area contributed by atoms with E-state index in [1.165, 1.54) is 0 Å². The Kier molecular flexibility index (Phi) is 4.64. The SMILES string of the molecule is COCCn1c(C(=O)Nc2cccc(Cl)c2)cc2c1c1ccccc1n2C. The summed E-state index contributed by atoms with van der Waals surface area (Å²) in [5, 5.41) is 4.64. The van der Waals surface area contributed by atoms with Gasteiger partial charge in [-0.05, 0) is 30.3 Å². The van der Waals surface area contributed by atoms with Crippen LogP contribution in [0.25, 0.3) is 21.9 Å². The summed E-state index contributed by atoms with van der Waals surface area (Å²) in [5.41, 5.74) is 4.46. The number of aryl methyl sites for hydroxylation is 1. The Balaban J connectivity index is 1.84. The maximum absolute atomic E-state index is 13.0. The number of hydrogen-bond acceptors (Lipinski definition) is 2. The fraction of sp³-hybridized carbons (Fsp3) is 0.190. The molecule has 0 radical (unpaired) electrons. The molecular formula is C21H20ClN3O2. The van der Waals surface area contributed by atoms with Crippen molar-refractivity contribution in [2.24, 2.45) is 7.05 Å². The molecule has 0 spiro atoms. The monoisotopic (exact) mass is 381 g/mol. The lowest BCUT2D eigenvalue weighted by Gasteiger charge is -2.11. The number of fused-ring (bicyclic) bond motifs is 3. The molecule has 2 aromatic heterocycles. The van der Waals surface area contributed by atoms with Gasteiger partial charge >= 0.3 is 0 Å². The number of nitrogens with one attached hydrogen (secondary N) is 1. The van der Waals surface area contributed by atoms with E-state index in [4.69, 9.17) is 16.3 Å². The summed E-state index contributed by atoms with van der Waals surface area (Å²) in [6.07, 6.45) is 0. The molecule has 4 aromatic rings. The Morgan fingerprint density at radius 1 is 1.11 bits per heavy atom. The van der Waals surface area contributed by atoms with E-state index < -0.39 is 0 Å². The first kappa shape index (κ1) is 17.6. The number of carbonyl (C=O) groups excluding carboxylic acids is 1. The molecule has 2 heterocycles. The van der Waals surface area contributed by atoms with Gasteiger partial charge in [0.2, 0.25) is 0 Å². The molecule has 0 saturated carbocycles. The molecule has 4 rings (SSSR count). The third-order valence-electron chi connectivity index (χ3n) is 4.79. The molecule has 0 aliphatic carbocycles. The van der Waals surface area contributed by atoms with Crippen molar-refractivity contribution in [3.63, 3.8) is 0 Å². The number of methoxy groups -OCH3 is 1. The Hall–Kier alpha value is -2.76. The second kappa shape index (κ2) is 7.10. The van der Waals surface area contributed by atoms with Crippen molar-refractivity contribution in [1.82, 2.24) is 9.13 Å². The average molecular weight is 382 g/mol. The third kappa shape index (κ3) is 3.09. The van der Waals surface area contributed by atoms with E-state index in [0.717, 1.165) is 21.9 Å². The molecule has 0 saturated heterocycles. The van der Waals surface area contributed by atoms with Gasteiger partial charge in [0.05, 0.1) is 23.2 Å². The molecule has 0 unspecified atom stereocenters. The zero-order chi connectivity index (χ0) is 19.0. The normalized spacial score (nSPS) is 11.4. The number of aromatic nitrogens is 2. The van der Waals surface area contributed by atoms with Gasteiger partial charge in [0.25, 0.3) is 5.91 Å². The second-order valence-electron chi connectivity index (χ2n) is 6.45. The van der Waals surface area contributed by atoms with Crippen LogP contribution in [-0.2, 0) is 18.3 Å². The van der Waals surface area contributed by atoms with Gasteiger partial charge in [-0.1, -0.05) is 35.9 Å². The second-order valence-corrected chi connectivity index (χ2v) is 6.88. The summed E-state index contributed by atoms with van der Waals surface area (Å²) in [6.45, 7) is 1.11. The lowest BCUT2D eigenvalue weighted by atomic mass is 10.2. The summed E-state index contributed by atoms with van der Waals surface area (Å²) in [4.78, 5) is 13.0. The van der Waals surface area contributed by atoms with Crippen LogP contribution in [0.1, 0.15) is 10.5 Å². The molecule has 1 N–H and O–H groups in total. The zero-order valence-electron chi connectivity index (χ0n) is 15.2. The molecular weight excluding hydrogens is 362 g/mol. The Morgan fingerprint density at radius 2 is 1.93 bits per heavy atom. The van der Waals surface area contributed by atoms with Gasteiger partial charge in [-0.15, -0.1) is 0 Å². The molecule has 1 amide bonds. The van der Waals surface area contributed by atoms with Crippen LogP contribution in [-0.4, -0.2) is 28.8 Å². The average Bonchev–Trinajstić information content (AvgIpc) is 3.17. The fourth-order valence-electron chi connectivity index (χ4n) is 3.53. The number of benzene rings is 2. The largest absolute Gasteiger partial charge is 0.383 e. The van der Waals surface area contributed by atoms with Crippen molar-refractivity contribution in [3.05, 3.63) is 65.3 Å². The van der Waals surface area contributed by atoms with Gasteiger partial charge in [-0.3, -0.25) is 4.79 Å². The Morgan fingerprint density at radius 3 is 2.70 bits per heavy atom. The van der Waals surface area contributed by atoms with Gasteiger partial charge in [0, 0.05) is 36.8 Å². The highest BCUT2D eigenvalue weighted by Crippen LogP contribution is 2.31. The first-order valence-electron chi connectivity index (χ1n) is 8.72. The summed E-state index contributed by atoms with van der Waals surface area (Å²) < 4.78 is 9.42. The van der Waals surface area contributed by atoms with E-state index >= 15 is 0 Å². The first-order chi connectivity index (χ1) is 13.1. The number of nitrogens with zero attached hydrogens (tertiary/aromatic N) is 2. The maximum Gasteiger partial charge on any atom is 0.272 e. The topological polar surface area (TPSA) is 48.2 Å². The van der Waals surface area contributed by atoms with Crippen LogP contribution in [0.3, 0.4) is 0 Å². The van der Waals surface area contributed by atoms with Crippen molar-refractivity contribution >= 4 is 45.1 Å². The number of amides is 1. The molecule has 0 aliphatic rings. The molecule has 0 atom stereocenters. The zero-order valence-corrected chi connectivity index (χ0v) is 16.0. The van der Waals surface area contributed by atoms with Crippen molar-refractivity contribution in [3.8, 4) is 0 Å². The minimum Gasteiger partial charge on any atom is -0.383 e. The molecule has 6 heteroatoms. The van der Waals surface area contributed by atoms with E-state index in [2.05, 4.69) is 22.0 Å². The molecule has 0 fully saturated rings. The van der Waals surface area contributed by atoms with Gasteiger partial charge in [-0.2, -0.15) is 0 Å². The van der Waals surface area contributed by atoms with E-state index in [1.54, 1.807) is 19.2 Å². The van der Waals surface area contributed by atoms with Crippen molar-refractivity contribution in [1.29, 1.82) is 0 Å². The molecule has 2 aromatic carbocycles. The predicted molar refractivity (Wildman–Crippen MR) is 110 cm³/mol. The summed E-state index contributed by atoms with van der Waals surface area (Å²) in [7, 11) is 3.68. The Bertz CT molecular complexity index is 1140. The lowest BCUT2D eigenvalue weighted by Crippen LogP contribution is -2.18. The predicted octanol–water partition coefficient (Wildman–Crippen LogP) is 4.69. The number of para-hydroxylation sites is 1. The van der Waals surface area contributed by atoms with Crippen LogP contribution in [0.4, 0.5) is 5.69 Å². The van der Waals surface area contributed by atoms with Gasteiger partial charge in [-0.25, -0.2) is 0 Å². The molecule has 138 valence electrons. The lowest BCUT2D eigenvalue weighted by molar-refractivity contribution is 0.101. The number of rotatable bonds is 5. The first-order valence-corrected chi connectivity index (χ1v) is 9.10. The van der Waals surface area contributed by atoms with Crippen LogP contribution in [0, 0.1) is 0 Å². The number of ether oxygens (including phenoxy) is 1. The number of carbonyl (C=O) groups is 1. The van der Waals surface area contributed by atoms with Crippen LogP contribution in [0.15, 0.2) is 54.6 Å². The highest BCUT2D eigenvalue weighted by atomic mass is 35.5. The van der Waals surface area contributed by atoms with Crippen molar-refractivity contribution in [2.75, 3.05) is 19.0 Å². The minimum absolute atomic E-state index is 0.173. The number of hydrogen-bond donors (Lipinski definition) is 1. The maximum atomic E-state index is 13.0. The van der Waals surface area contributed by atoms with Crippen LogP contribution in [0.2, 0.25) is 5.02 Å². The smallest absolute Gasteiger partial charge is 0.272 e. The summed E-state index contributed by atoms with van der Waals surface area (Å²) >= 11 is 6.03. The van der Waals surface area contributed by atoms with Crippen LogP contribution in [0.5, 0.6) is 0 Å². The number of anilines is 1. The van der Waals surface area contributed by atoms with Crippen LogP contribution < -0.4 is 5.32 Å². The Labute approximate surface area is 162 Å². The molecule has 0 bridgehead atoms. The van der Waals surface area contributed by atoms with Crippen LogP contribution >= 0.6 is 11.6 Å². The van der Waals surface area contributed by atoms with E-state index in [9.17, 15) is 4.79 Å². The molecule has 0 aliphatic heterocycles. The van der Waals surface area contributed by atoms with E-state index in [-0.39, 0.29) is 5.91 Å². The van der Waals surface area contributed by atoms with Gasteiger partial charge in [0.15, 0.2) is 0 Å². The third-order valence-corrected chi connectivity index (χ3v) is 5.03. The van der Waals surface area contributed by atoms with Gasteiger partial charge in [0.1, 0.15) is 5.69 Å². The van der Waals surface area contributed by atoms with Crippen molar-refractivity contribution in [2.45, 2.75) is 6.54 Å². The highest BCUT2D eigenvalue weighted by molar-refractivity contribution is 6.31. The molecule has 5 nitrogen and oxygen atoms in total. The highest BCUT2D eigenvalue weighted by Gasteiger charge is 2.20. The minimum atomic E-state index is -0.173. The fourth-order valence-corrected chi connectivity index (χ4v) is 3.72. The standard InChI is InChI=1S/C21H20ClN3O2/c1-24-17-9-4-3-8-16(17)20-18(24)13-19(25(20)10-11-27-2)21(26)23-15-7-5-6-14(22)12-15/h3-9,12-13H,10-11H2,1-2H3,(H,23,26). The van der Waals surface area contributed by atoms with Gasteiger partial charge < -0.3 is 19.2 Å². The summed E-state index contributed by atoms with van der Waals surface area (Å²) in [6, 6.07) is 17.3. The summed E-state index contributed by atoms with van der Waals surface area (Å²) in [5.74, 6) is -0.173. The van der Waals surface area contributed by atoms with Crippen molar-refractivity contribution < 1.29 is 9.53 Å².